The summed E-state index contributed by atoms with van der Waals surface area (Å²) >= 11 is 0. The van der Waals surface area contributed by atoms with Crippen LogP contribution in [0, 0.1) is 19.7 Å². The van der Waals surface area contributed by atoms with E-state index in [1.54, 1.807) is 4.57 Å². The van der Waals surface area contributed by atoms with Gasteiger partial charge >= 0.3 is 5.97 Å². The molecule has 1 fully saturated rings. The van der Waals surface area contributed by atoms with Crippen LogP contribution >= 0.6 is 0 Å². The first-order valence-electron chi connectivity index (χ1n) is 10.8. The minimum absolute atomic E-state index is 0.00703. The van der Waals surface area contributed by atoms with Gasteiger partial charge in [0.25, 0.3) is 0 Å². The van der Waals surface area contributed by atoms with Crippen molar-refractivity contribution in [2.24, 2.45) is 0 Å². The van der Waals surface area contributed by atoms with Crippen LogP contribution in [-0.2, 0) is 0 Å². The number of pyridine rings is 1. The highest BCUT2D eigenvalue weighted by atomic mass is 19.1. The fourth-order valence-corrected chi connectivity index (χ4v) is 4.71. The van der Waals surface area contributed by atoms with Gasteiger partial charge in [0.05, 0.1) is 16.9 Å². The Hall–Kier alpha value is -3.69. The summed E-state index contributed by atoms with van der Waals surface area (Å²) in [6.45, 7) is 7.00. The summed E-state index contributed by atoms with van der Waals surface area (Å²) in [4.78, 5) is 35.1. The highest BCUT2D eigenvalue weighted by Crippen LogP contribution is 2.42. The zero-order chi connectivity index (χ0) is 23.4. The van der Waals surface area contributed by atoms with Crippen molar-refractivity contribution in [3.05, 3.63) is 51.3 Å². The van der Waals surface area contributed by atoms with E-state index in [-0.39, 0.29) is 41.1 Å². The molecule has 2 aliphatic rings. The van der Waals surface area contributed by atoms with Crippen molar-refractivity contribution in [3.8, 4) is 5.75 Å². The summed E-state index contributed by atoms with van der Waals surface area (Å²) in [5.41, 5.74) is 1.35. The van der Waals surface area contributed by atoms with Crippen molar-refractivity contribution in [3.63, 3.8) is 0 Å². The van der Waals surface area contributed by atoms with E-state index in [4.69, 9.17) is 4.74 Å². The second kappa shape index (κ2) is 7.72. The first-order valence-corrected chi connectivity index (χ1v) is 10.8. The number of hydrogen-bond donors (Lipinski definition) is 2. The number of rotatable bonds is 4. The lowest BCUT2D eigenvalue weighted by molar-refractivity contribution is 0.0694. The number of carboxylic acids is 1. The molecular formula is C23H24FN5O4. The zero-order valence-electron chi connectivity index (χ0n) is 18.6. The summed E-state index contributed by atoms with van der Waals surface area (Å²) < 4.78 is 23.0. The molecule has 5 rings (SSSR count). The highest BCUT2D eigenvalue weighted by molar-refractivity contribution is 5.97. The molecule has 0 amide bonds. The lowest BCUT2D eigenvalue weighted by Crippen LogP contribution is -2.30. The van der Waals surface area contributed by atoms with Crippen LogP contribution < -0.4 is 20.4 Å². The van der Waals surface area contributed by atoms with E-state index in [0.717, 1.165) is 23.9 Å². The second-order valence-corrected chi connectivity index (χ2v) is 8.73. The van der Waals surface area contributed by atoms with E-state index in [2.05, 4.69) is 15.3 Å². The predicted octanol–water partition coefficient (Wildman–Crippen LogP) is 2.89. The number of aromatic nitrogens is 3. The van der Waals surface area contributed by atoms with Crippen molar-refractivity contribution in [2.75, 3.05) is 29.9 Å². The molecule has 0 aliphatic carbocycles. The van der Waals surface area contributed by atoms with Gasteiger partial charge in [-0.15, -0.1) is 0 Å². The van der Waals surface area contributed by atoms with Gasteiger partial charge in [-0.05, 0) is 39.3 Å². The maximum absolute atomic E-state index is 15.4. The Morgan fingerprint density at radius 1 is 1.27 bits per heavy atom. The van der Waals surface area contributed by atoms with Crippen LogP contribution in [0.15, 0.2) is 23.1 Å². The van der Waals surface area contributed by atoms with Crippen LogP contribution in [-0.4, -0.2) is 51.3 Å². The van der Waals surface area contributed by atoms with Crippen LogP contribution in [0.5, 0.6) is 5.75 Å². The van der Waals surface area contributed by atoms with E-state index in [1.807, 2.05) is 31.7 Å². The van der Waals surface area contributed by atoms with Gasteiger partial charge in [-0.1, -0.05) is 0 Å². The van der Waals surface area contributed by atoms with E-state index >= 15 is 4.39 Å². The summed E-state index contributed by atoms with van der Waals surface area (Å²) in [5, 5.41) is 12.8. The molecule has 1 saturated heterocycles. The Morgan fingerprint density at radius 2 is 2.00 bits per heavy atom. The van der Waals surface area contributed by atoms with Gasteiger partial charge in [0.1, 0.15) is 17.9 Å². The topological polar surface area (TPSA) is 110 Å². The van der Waals surface area contributed by atoms with Crippen LogP contribution in [0.3, 0.4) is 0 Å². The zero-order valence-corrected chi connectivity index (χ0v) is 18.6. The van der Waals surface area contributed by atoms with E-state index in [9.17, 15) is 14.7 Å². The third-order valence-corrected chi connectivity index (χ3v) is 6.19. The van der Waals surface area contributed by atoms with E-state index < -0.39 is 17.2 Å². The summed E-state index contributed by atoms with van der Waals surface area (Å²) in [6.07, 6.45) is 2.07. The van der Waals surface area contributed by atoms with Crippen molar-refractivity contribution >= 4 is 28.5 Å². The van der Waals surface area contributed by atoms with Gasteiger partial charge in [-0.3, -0.25) is 4.79 Å². The molecule has 0 spiro atoms. The molecular weight excluding hydrogens is 429 g/mol. The number of anilines is 2. The molecule has 2 atom stereocenters. The second-order valence-electron chi connectivity index (χ2n) is 8.73. The van der Waals surface area contributed by atoms with Crippen molar-refractivity contribution in [1.29, 1.82) is 0 Å². The van der Waals surface area contributed by atoms with Gasteiger partial charge in [0, 0.05) is 36.7 Å². The SMILES string of the molecule is Cc1cc(C)nc(N[C@@H]2CCN(c3c(F)cc4c(=O)c(C(=O)O)cn5c4c3OC[C@@H]5C)C2)n1. The van der Waals surface area contributed by atoms with Gasteiger partial charge < -0.3 is 24.6 Å². The Kier molecular flexibility index (Phi) is 4.95. The number of nitrogens with zero attached hydrogens (tertiary/aromatic N) is 4. The molecule has 2 aliphatic heterocycles. The Balaban J connectivity index is 1.54. The molecule has 2 N–H and O–H groups in total. The third kappa shape index (κ3) is 3.55. The van der Waals surface area contributed by atoms with Gasteiger partial charge in [-0.2, -0.15) is 0 Å². The van der Waals surface area contributed by atoms with Crippen LogP contribution in [0.2, 0.25) is 0 Å². The number of aromatic carboxylic acids is 1. The largest absolute Gasteiger partial charge is 0.487 e. The smallest absolute Gasteiger partial charge is 0.341 e. The molecule has 0 bridgehead atoms. The molecule has 10 heteroatoms. The number of benzene rings is 1. The van der Waals surface area contributed by atoms with E-state index in [1.165, 1.54) is 6.20 Å². The Morgan fingerprint density at radius 3 is 2.70 bits per heavy atom. The molecule has 4 heterocycles. The van der Waals surface area contributed by atoms with Crippen LogP contribution in [0.25, 0.3) is 10.9 Å². The van der Waals surface area contributed by atoms with Gasteiger partial charge in [0.15, 0.2) is 11.6 Å². The molecule has 0 radical (unpaired) electrons. The maximum Gasteiger partial charge on any atom is 0.341 e. The summed E-state index contributed by atoms with van der Waals surface area (Å²) in [7, 11) is 0. The van der Waals surface area contributed by atoms with Crippen LogP contribution in [0.4, 0.5) is 16.0 Å². The number of aryl methyl sites for hydroxylation is 2. The number of nitrogens with one attached hydrogen (secondary N) is 1. The first-order chi connectivity index (χ1) is 15.7. The maximum atomic E-state index is 15.4. The standard InChI is InChI=1S/C23H24FN5O4/c1-11-6-12(2)26-23(25-11)27-14-4-5-28(8-14)19-17(24)7-15-18-21(19)33-10-13(3)29(18)9-16(20(15)30)22(31)32/h6-7,9,13-14H,4-5,8,10H2,1-3H3,(H,31,32)(H,25,26,27)/t13-,14+/m0/s1. The number of hydrogen-bond acceptors (Lipinski definition) is 7. The predicted molar refractivity (Wildman–Crippen MR) is 121 cm³/mol. The molecule has 172 valence electrons. The quantitative estimate of drug-likeness (QED) is 0.621. The number of carbonyl (C=O) groups is 1. The number of carboxylic acid groups (broad SMARTS) is 1. The van der Waals surface area contributed by atoms with E-state index in [0.29, 0.717) is 24.6 Å². The molecule has 3 aromatic rings. The molecule has 0 saturated carbocycles. The number of halogens is 1. The molecule has 2 aromatic heterocycles. The van der Waals surface area contributed by atoms with Crippen molar-refractivity contribution in [1.82, 2.24) is 14.5 Å². The fraction of sp³-hybridized carbons (Fsp3) is 0.391. The molecule has 33 heavy (non-hydrogen) atoms. The minimum Gasteiger partial charge on any atom is -0.487 e. The fourth-order valence-electron chi connectivity index (χ4n) is 4.71. The Labute approximate surface area is 188 Å². The lowest BCUT2D eigenvalue weighted by atomic mass is 10.1. The molecule has 0 unspecified atom stereocenters. The van der Waals surface area contributed by atoms with Gasteiger partial charge in [-0.25, -0.2) is 19.2 Å². The monoisotopic (exact) mass is 453 g/mol. The average molecular weight is 453 g/mol. The highest BCUT2D eigenvalue weighted by Gasteiger charge is 2.33. The van der Waals surface area contributed by atoms with Crippen LogP contribution in [0.1, 0.15) is 41.1 Å². The average Bonchev–Trinajstić information content (AvgIpc) is 3.18. The van der Waals surface area contributed by atoms with Crippen molar-refractivity contribution < 1.29 is 19.0 Å². The van der Waals surface area contributed by atoms with Gasteiger partial charge in [0.2, 0.25) is 11.4 Å². The molecule has 1 aromatic carbocycles. The number of ether oxygens (including phenoxy) is 1. The summed E-state index contributed by atoms with van der Waals surface area (Å²) in [6, 6.07) is 2.84. The third-order valence-electron chi connectivity index (χ3n) is 6.19. The van der Waals surface area contributed by atoms with Crippen molar-refractivity contribution in [2.45, 2.75) is 39.3 Å². The summed E-state index contributed by atoms with van der Waals surface area (Å²) in [5.74, 6) is -1.13. The normalized spacial score (nSPS) is 19.6. The lowest BCUT2D eigenvalue weighted by Gasteiger charge is -2.31. The first kappa shape index (κ1) is 21.2. The molecule has 9 nitrogen and oxygen atoms in total. The minimum atomic E-state index is -1.34. The Bertz CT molecular complexity index is 1330.